The zero-order valence-electron chi connectivity index (χ0n) is 62.3. The van der Waals surface area contributed by atoms with Crippen molar-refractivity contribution < 1.29 is 68.9 Å². The lowest BCUT2D eigenvalue weighted by Crippen LogP contribution is -2.70. The number of aromatic nitrogens is 2. The molecule has 578 valence electrons. The van der Waals surface area contributed by atoms with Crippen LogP contribution >= 0.6 is 24.4 Å². The van der Waals surface area contributed by atoms with Crippen LogP contribution in [0.5, 0.6) is 11.5 Å². The number of aliphatic carboxylic acids is 1. The van der Waals surface area contributed by atoms with Gasteiger partial charge in [-0.25, -0.2) is 19.6 Å². The van der Waals surface area contributed by atoms with E-state index in [1.165, 1.54) is 6.92 Å². The summed E-state index contributed by atoms with van der Waals surface area (Å²) in [7, 11) is 8.96. The summed E-state index contributed by atoms with van der Waals surface area (Å²) in [6.45, 7) is 10.1. The predicted octanol–water partition coefficient (Wildman–Crippen LogP) is 8.86. The fourth-order valence-electron chi connectivity index (χ4n) is 14.5. The second kappa shape index (κ2) is 41.7. The maximum Gasteiger partial charge on any atom is 0.330 e. The molecule has 0 saturated heterocycles. The molecule has 8 rings (SSSR count). The Balaban J connectivity index is 0.734. The molecule has 4 aromatic rings. The number of nitrogens with zero attached hydrogens (tertiary/aromatic N) is 8. The van der Waals surface area contributed by atoms with Crippen molar-refractivity contribution in [3.8, 4) is 28.4 Å². The summed E-state index contributed by atoms with van der Waals surface area (Å²) in [5.41, 5.74) is 3.35. The number of benzene rings is 3. The minimum Gasteiger partial charge on any atom is -0.496 e. The van der Waals surface area contributed by atoms with Gasteiger partial charge in [0.25, 0.3) is 11.8 Å². The molecule has 1 unspecified atom stereocenters. The van der Waals surface area contributed by atoms with Crippen LogP contribution < -0.4 is 41.4 Å². The molecule has 105 heavy (non-hydrogen) atoms. The van der Waals surface area contributed by atoms with Gasteiger partial charge in [-0.05, 0) is 243 Å². The van der Waals surface area contributed by atoms with Gasteiger partial charge in [-0.2, -0.15) is 10.2 Å². The maximum absolute atomic E-state index is 14.6. The Labute approximate surface area is 628 Å². The van der Waals surface area contributed by atoms with E-state index in [-0.39, 0.29) is 86.5 Å². The number of anilines is 2. The molecule has 0 spiro atoms. The van der Waals surface area contributed by atoms with Gasteiger partial charge < -0.3 is 71.5 Å². The van der Waals surface area contributed by atoms with Crippen molar-refractivity contribution in [1.29, 1.82) is 0 Å². The molecule has 0 aliphatic heterocycles. The molecule has 11 N–H and O–H groups in total. The fourth-order valence-corrected chi connectivity index (χ4v) is 15.0. The van der Waals surface area contributed by atoms with Crippen LogP contribution in [0.15, 0.2) is 66.7 Å². The van der Waals surface area contributed by atoms with Crippen molar-refractivity contribution in [2.24, 2.45) is 23.7 Å². The molecule has 4 saturated carbocycles. The summed E-state index contributed by atoms with van der Waals surface area (Å²) in [6.07, 6.45) is 10.3. The maximum atomic E-state index is 14.6. The number of methoxy groups -OCH3 is 2. The van der Waals surface area contributed by atoms with Crippen LogP contribution in [-0.4, -0.2) is 230 Å². The van der Waals surface area contributed by atoms with Crippen LogP contribution in [0.3, 0.4) is 0 Å². The molecular weight excluding hydrogens is 1390 g/mol. The zero-order valence-corrected chi connectivity index (χ0v) is 64.0. The van der Waals surface area contributed by atoms with E-state index in [1.807, 2.05) is 87.4 Å². The molecule has 0 radical (unpaired) electrons. The Morgan fingerprint density at radius 2 is 1.17 bits per heavy atom. The Hall–Kier alpha value is -8.10. The highest BCUT2D eigenvalue weighted by molar-refractivity contribution is 7.80. The second-order valence-corrected chi connectivity index (χ2v) is 29.3. The number of carbonyl (C=O) groups excluding carboxylic acids is 6. The molecule has 6 amide bonds. The molecule has 4 fully saturated rings. The third-order valence-electron chi connectivity index (χ3n) is 20.3. The average Bonchev–Trinajstić information content (AvgIpc) is 1.14. The van der Waals surface area contributed by atoms with Crippen LogP contribution in [0.2, 0.25) is 0 Å². The monoisotopic (exact) mass is 1500 g/mol. The smallest absolute Gasteiger partial charge is 0.330 e. The highest BCUT2D eigenvalue weighted by Crippen LogP contribution is 2.58. The van der Waals surface area contributed by atoms with Gasteiger partial charge in [0.05, 0.1) is 31.2 Å². The van der Waals surface area contributed by atoms with E-state index in [9.17, 15) is 59.4 Å². The molecule has 1 heterocycles. The topological polar surface area (TPSA) is 349 Å². The average molecular weight is 1500 g/mol. The van der Waals surface area contributed by atoms with Crippen LogP contribution in [0.25, 0.3) is 16.9 Å². The number of hydroxylamine groups is 6. The Morgan fingerprint density at radius 1 is 0.629 bits per heavy atom. The van der Waals surface area contributed by atoms with Gasteiger partial charge in [0.2, 0.25) is 23.6 Å². The summed E-state index contributed by atoms with van der Waals surface area (Å²) < 4.78 is 13.4. The summed E-state index contributed by atoms with van der Waals surface area (Å²) in [6, 6.07) is 20.3. The zero-order chi connectivity index (χ0) is 76.3. The normalized spacial score (nSPS) is 17.4. The summed E-state index contributed by atoms with van der Waals surface area (Å²) in [4.78, 5) is 95.7. The van der Waals surface area contributed by atoms with E-state index in [2.05, 4.69) is 43.8 Å². The van der Waals surface area contributed by atoms with Gasteiger partial charge in [-0.15, -0.1) is 0 Å². The van der Waals surface area contributed by atoms with E-state index in [1.54, 1.807) is 35.9 Å². The van der Waals surface area contributed by atoms with Gasteiger partial charge in [-0.3, -0.25) is 39.2 Å². The highest BCUT2D eigenvalue weighted by Gasteiger charge is 2.62. The number of carbonyl (C=O) groups is 7. The minimum atomic E-state index is -1.37. The van der Waals surface area contributed by atoms with Gasteiger partial charge in [0.1, 0.15) is 23.3 Å². The van der Waals surface area contributed by atoms with Crippen molar-refractivity contribution >= 4 is 87.4 Å². The molecular formula is C75H112N14O14S2. The summed E-state index contributed by atoms with van der Waals surface area (Å²) >= 11 is 11.3. The Kier molecular flexibility index (Phi) is 33.4. The van der Waals surface area contributed by atoms with Gasteiger partial charge in [0.15, 0.2) is 15.9 Å². The number of hydrogen-bond donors (Lipinski definition) is 11. The number of nitrogens with one attached hydrogen (secondary N) is 6. The third-order valence-corrected chi connectivity index (χ3v) is 20.9. The largest absolute Gasteiger partial charge is 0.496 e. The molecule has 4 aliphatic rings. The molecule has 1 atom stereocenters. The lowest BCUT2D eigenvalue weighted by Gasteiger charge is -2.59. The van der Waals surface area contributed by atoms with Crippen LogP contribution in [-0.2, 0) is 24.0 Å². The molecule has 4 aliphatic carbocycles. The van der Waals surface area contributed by atoms with E-state index in [4.69, 9.17) is 39.0 Å². The number of hydrogen-bond acceptors (Lipinski definition) is 18. The van der Waals surface area contributed by atoms with Crippen molar-refractivity contribution in [3.05, 3.63) is 83.6 Å². The first-order chi connectivity index (χ1) is 50.2. The highest BCUT2D eigenvalue weighted by atomic mass is 32.1. The Morgan fingerprint density at radius 3 is 1.73 bits per heavy atom. The van der Waals surface area contributed by atoms with E-state index in [0.717, 1.165) is 99.4 Å². The first-order valence-corrected chi connectivity index (χ1v) is 37.8. The van der Waals surface area contributed by atoms with Gasteiger partial charge >= 0.3 is 5.97 Å². The molecule has 3 aromatic carbocycles. The van der Waals surface area contributed by atoms with Gasteiger partial charge in [0, 0.05) is 110 Å². The fraction of sp³-hybridized carbons (Fsp3) is 0.600. The van der Waals surface area contributed by atoms with Crippen molar-refractivity contribution in [2.45, 2.75) is 167 Å². The molecule has 1 aromatic heterocycles. The third kappa shape index (κ3) is 24.7. The molecule has 30 heteroatoms. The number of ether oxygens (including phenoxy) is 2. The summed E-state index contributed by atoms with van der Waals surface area (Å²) in [5.74, 6) is -1.64. The number of rotatable bonds is 44. The predicted molar refractivity (Wildman–Crippen MR) is 407 cm³/mol. The summed E-state index contributed by atoms with van der Waals surface area (Å²) in [5, 5.41) is 77.5. The SMILES string of the molecule is COc1cccc(OC)c1-c1cc(C(=O)NC2(C(=O)O)C3CC4CC(C3)CC2C4)nn1-c1ccc(C(=O)N(C)CCCN(C)CCCN(C)C(=S)Nc2ccc(NC(=S)NCCCCCN(O)C(O)CCC(=O)NCCCCCN(O)C(=O)CCC(=O)NCCCCCN(O)C(C)=O)cc2)cc1C(C)C. The van der Waals surface area contributed by atoms with Crippen molar-refractivity contribution in [1.82, 2.24) is 60.9 Å². The van der Waals surface area contributed by atoms with Crippen LogP contribution in [0.4, 0.5) is 11.4 Å². The standard InChI is InChI=1S/C75H112N14O14S2/c1-50(2)59-48-54(23-28-61(59)89-62(69-63(102-7)21-18-22-64(69)103-8)49-60(82-89)70(95)81-75(72(97)98)55-44-52-43-53(46-55)47-56(75)45-52)71(96)84(5)38-19-36-83(4)37-20-39-85(6)74(105)80-58-26-24-57(25-27-58)79-73(104)78-35-14-11-17-42-88(101)68(94)32-30-66(92)77-34-13-10-16-41-87(100)67(93)31-29-65(91)76-33-12-9-15-40-86(99)51(3)90/h18,21-28,48-50,52-53,55-56,68,94,99-101H,9-17,19-20,29-47H2,1-8H3,(H,76,91)(H,77,92)(H,80,105)(H,81,95)(H,97,98)(H2,78,79,104). The number of thiocarbonyl (C=S) groups is 2. The quantitative estimate of drug-likeness (QED) is 0.00647. The number of aliphatic hydroxyl groups excluding tert-OH is 1. The second-order valence-electron chi connectivity index (χ2n) is 28.5. The lowest BCUT2D eigenvalue weighted by atomic mass is 9.48. The number of unbranched alkanes of at least 4 members (excludes halogenated alkanes) is 6. The molecule has 28 nitrogen and oxygen atoms in total. The van der Waals surface area contributed by atoms with Crippen molar-refractivity contribution in [3.63, 3.8) is 0 Å². The van der Waals surface area contributed by atoms with Gasteiger partial charge in [-0.1, -0.05) is 26.3 Å². The Bertz CT molecular complexity index is 3510. The molecule has 4 bridgehead atoms. The van der Waals surface area contributed by atoms with E-state index < -0.39 is 35.5 Å². The first kappa shape index (κ1) is 84.2. The number of amides is 6. The number of carboxylic acid groups (broad SMARTS) is 1. The first-order valence-electron chi connectivity index (χ1n) is 37.0. The lowest BCUT2D eigenvalue weighted by molar-refractivity contribution is -0.198. The minimum absolute atomic E-state index is 0.0173. The van der Waals surface area contributed by atoms with Crippen molar-refractivity contribution in [2.75, 3.05) is 111 Å². The number of aliphatic hydroxyl groups is 1. The number of carboxylic acids is 1. The van der Waals surface area contributed by atoms with E-state index >= 15 is 0 Å². The van der Waals surface area contributed by atoms with E-state index in [0.29, 0.717) is 137 Å². The van der Waals surface area contributed by atoms with Crippen LogP contribution in [0.1, 0.15) is 182 Å². The van der Waals surface area contributed by atoms with Crippen LogP contribution in [0, 0.1) is 23.7 Å².